The van der Waals surface area contributed by atoms with Crippen LogP contribution in [0.1, 0.15) is 33.9 Å². The molecule has 1 aromatic carbocycles. The Kier molecular flexibility index (Phi) is 4.66. The molecule has 24 heavy (non-hydrogen) atoms. The van der Waals surface area contributed by atoms with E-state index in [9.17, 15) is 9.18 Å². The number of aromatic nitrogens is 2. The zero-order chi connectivity index (χ0) is 17.1. The second kappa shape index (κ2) is 6.88. The average Bonchev–Trinajstić information content (AvgIpc) is 2.98. The van der Waals surface area contributed by atoms with Gasteiger partial charge in [-0.2, -0.15) is 0 Å². The van der Waals surface area contributed by atoms with Crippen molar-refractivity contribution >= 4 is 17.2 Å². The van der Waals surface area contributed by atoms with Crippen molar-refractivity contribution in [3.05, 3.63) is 70.6 Å². The summed E-state index contributed by atoms with van der Waals surface area (Å²) in [6, 6.07) is 11.5. The third-order valence-corrected chi connectivity index (χ3v) is 4.78. The molecule has 0 aliphatic heterocycles. The fourth-order valence-corrected chi connectivity index (χ4v) is 3.25. The summed E-state index contributed by atoms with van der Waals surface area (Å²) >= 11 is 1.31. The number of amides is 1. The standard InChI is InChI=1S/C18H16FN3OS/c1-11(13-6-8-14(19)9-7-13)21-17(23)16-12(2)22-18(24-16)15-5-3-4-10-20-15/h3-11H,1-2H3,(H,21,23)/t11-/m0/s1. The molecule has 2 heterocycles. The van der Waals surface area contributed by atoms with Crippen molar-refractivity contribution in [1.82, 2.24) is 15.3 Å². The minimum absolute atomic E-state index is 0.191. The molecule has 122 valence electrons. The van der Waals surface area contributed by atoms with Crippen LogP contribution >= 0.6 is 11.3 Å². The molecule has 2 aromatic heterocycles. The third kappa shape index (κ3) is 3.49. The van der Waals surface area contributed by atoms with E-state index >= 15 is 0 Å². The smallest absolute Gasteiger partial charge is 0.263 e. The van der Waals surface area contributed by atoms with Crippen LogP contribution in [-0.2, 0) is 0 Å². The van der Waals surface area contributed by atoms with Gasteiger partial charge in [-0.15, -0.1) is 11.3 Å². The summed E-state index contributed by atoms with van der Waals surface area (Å²) in [5, 5.41) is 3.64. The van der Waals surface area contributed by atoms with Crippen LogP contribution in [-0.4, -0.2) is 15.9 Å². The highest BCUT2D eigenvalue weighted by Crippen LogP contribution is 2.27. The second-order valence-corrected chi connectivity index (χ2v) is 6.39. The molecule has 0 unspecified atom stereocenters. The van der Waals surface area contributed by atoms with Gasteiger partial charge >= 0.3 is 0 Å². The molecule has 1 atom stereocenters. The second-order valence-electron chi connectivity index (χ2n) is 5.40. The van der Waals surface area contributed by atoms with Crippen molar-refractivity contribution in [3.8, 4) is 10.7 Å². The lowest BCUT2D eigenvalue weighted by atomic mass is 10.1. The van der Waals surface area contributed by atoms with E-state index in [1.54, 1.807) is 25.3 Å². The van der Waals surface area contributed by atoms with Crippen LogP contribution in [0.25, 0.3) is 10.7 Å². The van der Waals surface area contributed by atoms with Crippen LogP contribution in [0.3, 0.4) is 0 Å². The fraction of sp³-hybridized carbons (Fsp3) is 0.167. The summed E-state index contributed by atoms with van der Waals surface area (Å²) in [7, 11) is 0. The van der Waals surface area contributed by atoms with Gasteiger partial charge < -0.3 is 5.32 Å². The van der Waals surface area contributed by atoms with Gasteiger partial charge in [-0.25, -0.2) is 9.37 Å². The third-order valence-electron chi connectivity index (χ3n) is 3.60. The Balaban J connectivity index is 1.78. The first-order valence-electron chi connectivity index (χ1n) is 7.50. The Morgan fingerprint density at radius 2 is 1.96 bits per heavy atom. The SMILES string of the molecule is Cc1nc(-c2ccccn2)sc1C(=O)N[C@@H](C)c1ccc(F)cc1. The fourth-order valence-electron chi connectivity index (χ4n) is 2.30. The number of carbonyl (C=O) groups excluding carboxylic acids is 1. The van der Waals surface area contributed by atoms with Crippen molar-refractivity contribution in [3.63, 3.8) is 0 Å². The zero-order valence-electron chi connectivity index (χ0n) is 13.3. The summed E-state index contributed by atoms with van der Waals surface area (Å²) in [6.45, 7) is 3.67. The molecule has 1 N–H and O–H groups in total. The lowest BCUT2D eigenvalue weighted by Gasteiger charge is -2.13. The molecule has 0 saturated carbocycles. The van der Waals surface area contributed by atoms with Crippen LogP contribution < -0.4 is 5.32 Å². The first kappa shape index (κ1) is 16.3. The predicted molar refractivity (Wildman–Crippen MR) is 92.4 cm³/mol. The minimum Gasteiger partial charge on any atom is -0.345 e. The van der Waals surface area contributed by atoms with E-state index in [1.165, 1.54) is 23.5 Å². The van der Waals surface area contributed by atoms with Crippen LogP contribution in [0.2, 0.25) is 0 Å². The summed E-state index contributed by atoms with van der Waals surface area (Å²) in [5.41, 5.74) is 2.26. The number of benzene rings is 1. The minimum atomic E-state index is -0.296. The summed E-state index contributed by atoms with van der Waals surface area (Å²) < 4.78 is 13.0. The maximum Gasteiger partial charge on any atom is 0.263 e. The van der Waals surface area contributed by atoms with Gasteiger partial charge in [-0.1, -0.05) is 18.2 Å². The van der Waals surface area contributed by atoms with Gasteiger partial charge in [0.05, 0.1) is 17.4 Å². The van der Waals surface area contributed by atoms with Gasteiger partial charge in [0.25, 0.3) is 5.91 Å². The Morgan fingerprint density at radius 3 is 2.62 bits per heavy atom. The number of halogens is 1. The van der Waals surface area contributed by atoms with Gasteiger partial charge in [-0.3, -0.25) is 9.78 Å². The van der Waals surface area contributed by atoms with E-state index in [0.29, 0.717) is 15.6 Å². The van der Waals surface area contributed by atoms with Crippen molar-refractivity contribution in [2.75, 3.05) is 0 Å². The molecule has 4 nitrogen and oxygen atoms in total. The normalized spacial score (nSPS) is 12.0. The molecular formula is C18H16FN3OS. The van der Waals surface area contributed by atoms with Crippen molar-refractivity contribution in [2.45, 2.75) is 19.9 Å². The zero-order valence-corrected chi connectivity index (χ0v) is 14.1. The van der Waals surface area contributed by atoms with Gasteiger partial charge in [0.1, 0.15) is 15.7 Å². The summed E-state index contributed by atoms with van der Waals surface area (Å²) in [6.07, 6.45) is 1.70. The molecule has 0 aliphatic rings. The molecule has 0 radical (unpaired) electrons. The lowest BCUT2D eigenvalue weighted by molar-refractivity contribution is 0.0943. The number of hydrogen-bond acceptors (Lipinski definition) is 4. The molecule has 0 bridgehead atoms. The maximum atomic E-state index is 13.0. The van der Waals surface area contributed by atoms with Crippen LogP contribution in [0.15, 0.2) is 48.7 Å². The first-order valence-corrected chi connectivity index (χ1v) is 8.31. The quantitative estimate of drug-likeness (QED) is 0.776. The topological polar surface area (TPSA) is 54.9 Å². The van der Waals surface area contributed by atoms with E-state index in [1.807, 2.05) is 25.1 Å². The van der Waals surface area contributed by atoms with E-state index in [0.717, 1.165) is 11.3 Å². The van der Waals surface area contributed by atoms with E-state index < -0.39 is 0 Å². The number of nitrogens with one attached hydrogen (secondary N) is 1. The number of rotatable bonds is 4. The molecule has 3 rings (SSSR count). The highest BCUT2D eigenvalue weighted by Gasteiger charge is 2.18. The number of carbonyl (C=O) groups is 1. The van der Waals surface area contributed by atoms with E-state index in [4.69, 9.17) is 0 Å². The molecule has 0 saturated heterocycles. The number of aryl methyl sites for hydroxylation is 1. The van der Waals surface area contributed by atoms with Gasteiger partial charge in [0.2, 0.25) is 0 Å². The highest BCUT2D eigenvalue weighted by molar-refractivity contribution is 7.17. The van der Waals surface area contributed by atoms with Crippen molar-refractivity contribution < 1.29 is 9.18 Å². The summed E-state index contributed by atoms with van der Waals surface area (Å²) in [5.74, 6) is -0.486. The van der Waals surface area contributed by atoms with Crippen molar-refractivity contribution in [2.24, 2.45) is 0 Å². The molecule has 0 fully saturated rings. The van der Waals surface area contributed by atoms with E-state index in [-0.39, 0.29) is 17.8 Å². The van der Waals surface area contributed by atoms with Crippen LogP contribution in [0.5, 0.6) is 0 Å². The number of nitrogens with zero attached hydrogens (tertiary/aromatic N) is 2. The lowest BCUT2D eigenvalue weighted by Crippen LogP contribution is -2.26. The van der Waals surface area contributed by atoms with Crippen LogP contribution in [0, 0.1) is 12.7 Å². The van der Waals surface area contributed by atoms with Gasteiger partial charge in [-0.05, 0) is 43.7 Å². The first-order chi connectivity index (χ1) is 11.5. The largest absolute Gasteiger partial charge is 0.345 e. The average molecular weight is 341 g/mol. The van der Waals surface area contributed by atoms with Crippen LogP contribution in [0.4, 0.5) is 4.39 Å². The van der Waals surface area contributed by atoms with Gasteiger partial charge in [0, 0.05) is 6.20 Å². The number of thiazole rings is 1. The van der Waals surface area contributed by atoms with E-state index in [2.05, 4.69) is 15.3 Å². The Hall–Kier alpha value is -2.60. The van der Waals surface area contributed by atoms with Gasteiger partial charge in [0.15, 0.2) is 0 Å². The monoisotopic (exact) mass is 341 g/mol. The Bertz CT molecular complexity index is 846. The molecule has 0 spiro atoms. The molecule has 6 heteroatoms. The van der Waals surface area contributed by atoms with Crippen molar-refractivity contribution in [1.29, 1.82) is 0 Å². The highest BCUT2D eigenvalue weighted by atomic mass is 32.1. The Labute approximate surface area is 143 Å². The maximum absolute atomic E-state index is 13.0. The Morgan fingerprint density at radius 1 is 1.21 bits per heavy atom. The molecule has 1 amide bonds. The molecular weight excluding hydrogens is 325 g/mol. The molecule has 0 aliphatic carbocycles. The number of pyridine rings is 1. The predicted octanol–water partition coefficient (Wildman–Crippen LogP) is 4.14. The summed E-state index contributed by atoms with van der Waals surface area (Å²) in [4.78, 5) is 21.8. The number of hydrogen-bond donors (Lipinski definition) is 1. The molecule has 3 aromatic rings.